The Labute approximate surface area is 111 Å². The summed E-state index contributed by atoms with van der Waals surface area (Å²) in [5.74, 6) is -0.526. The highest BCUT2D eigenvalue weighted by atomic mass is 16.5. The molecule has 102 valence electrons. The lowest BCUT2D eigenvalue weighted by molar-refractivity contribution is -0.144. The predicted octanol–water partition coefficient (Wildman–Crippen LogP) is 0.914. The van der Waals surface area contributed by atoms with Crippen LogP contribution < -0.4 is 11.3 Å². The number of rotatable bonds is 5. The number of nitrogens with two attached hydrogens (primary N) is 1. The van der Waals surface area contributed by atoms with Crippen molar-refractivity contribution in [2.75, 3.05) is 12.3 Å². The fourth-order valence-electron chi connectivity index (χ4n) is 1.33. The van der Waals surface area contributed by atoms with Gasteiger partial charge in [-0.05, 0) is 26.3 Å². The highest BCUT2D eigenvalue weighted by Gasteiger charge is 2.17. The molecule has 0 aliphatic carbocycles. The number of ether oxygens (including phenoxy) is 1. The number of carbonyl (C=O) groups excluding carboxylic acids is 1. The zero-order chi connectivity index (χ0) is 14.5. The number of nitriles is 1. The molecule has 0 saturated heterocycles. The van der Waals surface area contributed by atoms with Crippen LogP contribution in [0.15, 0.2) is 23.1 Å². The summed E-state index contributed by atoms with van der Waals surface area (Å²) in [5, 5.41) is 8.81. The monoisotopic (exact) mass is 263 g/mol. The van der Waals surface area contributed by atoms with E-state index in [-0.39, 0.29) is 18.7 Å². The number of esters is 1. The van der Waals surface area contributed by atoms with Crippen LogP contribution in [0.1, 0.15) is 20.3 Å². The van der Waals surface area contributed by atoms with Crippen LogP contribution in [-0.4, -0.2) is 17.1 Å². The molecule has 0 aromatic carbocycles. The van der Waals surface area contributed by atoms with E-state index in [4.69, 9.17) is 15.7 Å². The molecule has 0 saturated carbocycles. The first-order valence-corrected chi connectivity index (χ1v) is 5.87. The van der Waals surface area contributed by atoms with Crippen molar-refractivity contribution in [2.45, 2.75) is 26.8 Å². The van der Waals surface area contributed by atoms with E-state index in [2.05, 4.69) is 6.07 Å². The third-order valence-electron chi connectivity index (χ3n) is 2.60. The van der Waals surface area contributed by atoms with Gasteiger partial charge in [-0.2, -0.15) is 5.26 Å². The Balaban J connectivity index is 2.51. The maximum atomic E-state index is 11.5. The number of aromatic nitrogens is 1. The van der Waals surface area contributed by atoms with Crippen LogP contribution in [0.4, 0.5) is 5.69 Å². The molecule has 1 heterocycles. The van der Waals surface area contributed by atoms with Crippen molar-refractivity contribution >= 4 is 11.7 Å². The van der Waals surface area contributed by atoms with Crippen LogP contribution in [0.25, 0.3) is 0 Å². The Morgan fingerprint density at radius 2 is 2.21 bits per heavy atom. The number of pyridine rings is 1. The Kier molecular flexibility index (Phi) is 4.70. The van der Waals surface area contributed by atoms with E-state index >= 15 is 0 Å². The summed E-state index contributed by atoms with van der Waals surface area (Å²) in [6.07, 6.45) is 1.84. The molecule has 0 unspecified atom stereocenters. The third kappa shape index (κ3) is 4.84. The van der Waals surface area contributed by atoms with Gasteiger partial charge in [0, 0.05) is 18.0 Å². The largest absolute Gasteiger partial charge is 0.464 e. The number of nitrogens with zero attached hydrogens (tertiary/aromatic N) is 2. The first-order valence-electron chi connectivity index (χ1n) is 5.87. The first-order chi connectivity index (χ1) is 8.84. The lowest BCUT2D eigenvalue weighted by Crippen LogP contribution is -2.25. The number of nitrogen functional groups attached to an aromatic ring is 1. The summed E-state index contributed by atoms with van der Waals surface area (Å²) in [7, 11) is 0. The van der Waals surface area contributed by atoms with Gasteiger partial charge in [-0.25, -0.2) is 0 Å². The van der Waals surface area contributed by atoms with Gasteiger partial charge in [0.2, 0.25) is 0 Å². The molecule has 0 aliphatic rings. The lowest BCUT2D eigenvalue weighted by Gasteiger charge is -2.14. The summed E-state index contributed by atoms with van der Waals surface area (Å²) >= 11 is 0. The molecule has 6 nitrogen and oxygen atoms in total. The summed E-state index contributed by atoms with van der Waals surface area (Å²) in [6, 6.07) is 4.88. The molecule has 0 radical (unpaired) electrons. The predicted molar refractivity (Wildman–Crippen MR) is 70.1 cm³/mol. The van der Waals surface area contributed by atoms with Gasteiger partial charge in [-0.15, -0.1) is 0 Å². The summed E-state index contributed by atoms with van der Waals surface area (Å²) in [6.45, 7) is 3.50. The van der Waals surface area contributed by atoms with Gasteiger partial charge in [0.25, 0.3) is 5.56 Å². The van der Waals surface area contributed by atoms with Crippen LogP contribution in [0, 0.1) is 16.7 Å². The first kappa shape index (κ1) is 14.8. The zero-order valence-corrected chi connectivity index (χ0v) is 11.0. The Morgan fingerprint density at radius 1 is 1.53 bits per heavy atom. The van der Waals surface area contributed by atoms with Crippen molar-refractivity contribution in [2.24, 2.45) is 5.41 Å². The van der Waals surface area contributed by atoms with E-state index in [1.807, 2.05) is 0 Å². The van der Waals surface area contributed by atoms with Crippen LogP contribution >= 0.6 is 0 Å². The second-order valence-electron chi connectivity index (χ2n) is 4.89. The van der Waals surface area contributed by atoms with Gasteiger partial charge >= 0.3 is 5.97 Å². The average molecular weight is 263 g/mol. The van der Waals surface area contributed by atoms with Crippen LogP contribution in [0.5, 0.6) is 0 Å². The molecular formula is C13H17N3O3. The fraction of sp³-hybridized carbons (Fsp3) is 0.462. The molecule has 1 rings (SSSR count). The van der Waals surface area contributed by atoms with E-state index in [0.29, 0.717) is 12.1 Å². The van der Waals surface area contributed by atoms with Crippen molar-refractivity contribution in [3.63, 3.8) is 0 Å². The molecule has 1 aromatic heterocycles. The quantitative estimate of drug-likeness (QED) is 0.796. The second kappa shape index (κ2) is 6.05. The third-order valence-corrected chi connectivity index (χ3v) is 2.60. The van der Waals surface area contributed by atoms with E-state index in [1.165, 1.54) is 22.9 Å². The topological polar surface area (TPSA) is 98.1 Å². The number of hydrogen-bond donors (Lipinski definition) is 1. The second-order valence-corrected chi connectivity index (χ2v) is 4.89. The summed E-state index contributed by atoms with van der Waals surface area (Å²) < 4.78 is 6.18. The molecule has 0 fully saturated rings. The highest BCUT2D eigenvalue weighted by Crippen LogP contribution is 2.18. The number of hydrogen-bond acceptors (Lipinski definition) is 5. The molecule has 0 amide bonds. The molecule has 0 bridgehead atoms. The smallest absolute Gasteiger partial charge is 0.326 e. The standard InChI is InChI=1S/C13H17N3O3/c1-13(2,9-14)5-6-19-12(18)8-16-7-10(15)3-4-11(16)17/h3-4,7H,5-6,8,15H2,1-2H3. The molecule has 1 aromatic rings. The molecule has 6 heteroatoms. The molecule has 0 atom stereocenters. The van der Waals surface area contributed by atoms with Crippen molar-refractivity contribution in [3.05, 3.63) is 28.7 Å². The Hall–Kier alpha value is -2.29. The van der Waals surface area contributed by atoms with E-state index < -0.39 is 11.4 Å². The fourth-order valence-corrected chi connectivity index (χ4v) is 1.33. The highest BCUT2D eigenvalue weighted by molar-refractivity contribution is 5.69. The van der Waals surface area contributed by atoms with Gasteiger partial charge in [-0.1, -0.05) is 0 Å². The molecule has 2 N–H and O–H groups in total. The van der Waals surface area contributed by atoms with Gasteiger partial charge < -0.3 is 15.0 Å². The van der Waals surface area contributed by atoms with Crippen molar-refractivity contribution in [1.82, 2.24) is 4.57 Å². The van der Waals surface area contributed by atoms with E-state index in [1.54, 1.807) is 13.8 Å². The van der Waals surface area contributed by atoms with E-state index in [0.717, 1.165) is 0 Å². The number of anilines is 1. The Morgan fingerprint density at radius 3 is 2.84 bits per heavy atom. The van der Waals surface area contributed by atoms with Crippen LogP contribution in [-0.2, 0) is 16.1 Å². The zero-order valence-electron chi connectivity index (χ0n) is 11.0. The van der Waals surface area contributed by atoms with Gasteiger partial charge in [0.15, 0.2) is 0 Å². The summed E-state index contributed by atoms with van der Waals surface area (Å²) in [5.41, 5.74) is 5.08. The Bertz CT molecular complexity index is 555. The average Bonchev–Trinajstić information content (AvgIpc) is 2.33. The van der Waals surface area contributed by atoms with Gasteiger partial charge in [-0.3, -0.25) is 9.59 Å². The normalized spacial score (nSPS) is 10.8. The minimum Gasteiger partial charge on any atom is -0.464 e. The minimum absolute atomic E-state index is 0.149. The van der Waals surface area contributed by atoms with Crippen LogP contribution in [0.2, 0.25) is 0 Å². The van der Waals surface area contributed by atoms with Crippen LogP contribution in [0.3, 0.4) is 0 Å². The van der Waals surface area contributed by atoms with Crippen molar-refractivity contribution < 1.29 is 9.53 Å². The SMILES string of the molecule is CC(C)(C#N)CCOC(=O)Cn1cc(N)ccc1=O. The molecular weight excluding hydrogens is 246 g/mol. The summed E-state index contributed by atoms with van der Waals surface area (Å²) in [4.78, 5) is 23.0. The van der Waals surface area contributed by atoms with Gasteiger partial charge in [0.05, 0.1) is 18.1 Å². The lowest BCUT2D eigenvalue weighted by atomic mass is 9.92. The number of carbonyl (C=O) groups is 1. The van der Waals surface area contributed by atoms with Crippen molar-refractivity contribution in [3.8, 4) is 6.07 Å². The molecule has 0 spiro atoms. The maximum Gasteiger partial charge on any atom is 0.326 e. The van der Waals surface area contributed by atoms with Crippen molar-refractivity contribution in [1.29, 1.82) is 5.26 Å². The minimum atomic E-state index is -0.533. The molecule has 19 heavy (non-hydrogen) atoms. The van der Waals surface area contributed by atoms with E-state index in [9.17, 15) is 9.59 Å². The maximum absolute atomic E-state index is 11.5. The van der Waals surface area contributed by atoms with Gasteiger partial charge in [0.1, 0.15) is 6.54 Å². The molecule has 0 aliphatic heterocycles.